The van der Waals surface area contributed by atoms with Crippen molar-refractivity contribution in [3.05, 3.63) is 59.7 Å². The average Bonchev–Trinajstić information content (AvgIpc) is 2.79. The Hall–Kier alpha value is -3.26. The van der Waals surface area contributed by atoms with Gasteiger partial charge in [0.1, 0.15) is 18.0 Å². The molecule has 0 spiro atoms. The van der Waals surface area contributed by atoms with E-state index in [1.807, 2.05) is 69.3 Å². The van der Waals surface area contributed by atoms with E-state index < -0.39 is 6.10 Å². The monoisotopic (exact) mass is 442 g/mol. The maximum Gasteiger partial charge on any atom is 0.242 e. The predicted molar refractivity (Wildman–Crippen MR) is 126 cm³/mol. The highest BCUT2D eigenvalue weighted by atomic mass is 16.5. The second-order valence-corrected chi connectivity index (χ2v) is 7.46. The summed E-state index contributed by atoms with van der Waals surface area (Å²) in [5.41, 5.74) is 1.71. The number of carbonyl (C=O) groups is 1. The summed E-state index contributed by atoms with van der Waals surface area (Å²) in [6.45, 7) is 7.10. The first-order valence-electron chi connectivity index (χ1n) is 10.8. The number of carbonyl (C=O) groups excluding carboxylic acids is 1. The minimum absolute atomic E-state index is 0.0285. The van der Waals surface area contributed by atoms with Gasteiger partial charge < -0.3 is 30.5 Å². The van der Waals surface area contributed by atoms with E-state index in [1.54, 1.807) is 7.11 Å². The standard InChI is InChI=1S/C24H34N4O4/c1-5-25-24(27-15-22(29)19-7-6-8-21(13-19)32-17(2)3)28-16-23(30)26-14-18-9-11-20(31-4)12-10-18/h6-13,17,22,29H,5,14-16H2,1-4H3,(H,26,30)(H2,25,27,28). The zero-order valence-corrected chi connectivity index (χ0v) is 19.2. The van der Waals surface area contributed by atoms with Gasteiger partial charge in [0.05, 0.1) is 19.3 Å². The van der Waals surface area contributed by atoms with E-state index in [0.717, 1.165) is 16.9 Å². The Morgan fingerprint density at radius 1 is 1.06 bits per heavy atom. The van der Waals surface area contributed by atoms with Crippen LogP contribution in [0.25, 0.3) is 0 Å². The molecule has 0 aliphatic rings. The lowest BCUT2D eigenvalue weighted by molar-refractivity contribution is -0.119. The number of methoxy groups -OCH3 is 1. The Balaban J connectivity index is 1.85. The molecule has 2 aromatic rings. The number of hydrogen-bond donors (Lipinski definition) is 4. The van der Waals surface area contributed by atoms with Crippen molar-refractivity contribution in [2.24, 2.45) is 4.99 Å². The number of benzene rings is 2. The predicted octanol–water partition coefficient (Wildman–Crippen LogP) is 2.39. The van der Waals surface area contributed by atoms with Crippen molar-refractivity contribution in [1.29, 1.82) is 0 Å². The summed E-state index contributed by atoms with van der Waals surface area (Å²) in [5.74, 6) is 1.75. The normalized spacial score (nSPS) is 12.2. The lowest BCUT2D eigenvalue weighted by Crippen LogP contribution is -2.40. The fourth-order valence-electron chi connectivity index (χ4n) is 2.87. The Morgan fingerprint density at radius 3 is 2.47 bits per heavy atom. The molecule has 1 unspecified atom stereocenters. The zero-order chi connectivity index (χ0) is 23.3. The van der Waals surface area contributed by atoms with Crippen molar-refractivity contribution in [2.75, 3.05) is 26.7 Å². The quantitative estimate of drug-likeness (QED) is 0.315. The van der Waals surface area contributed by atoms with Gasteiger partial charge in [-0.2, -0.15) is 0 Å². The number of guanidine groups is 1. The summed E-state index contributed by atoms with van der Waals surface area (Å²) < 4.78 is 10.8. The van der Waals surface area contributed by atoms with E-state index >= 15 is 0 Å². The van der Waals surface area contributed by atoms with Crippen LogP contribution in [0.1, 0.15) is 38.0 Å². The van der Waals surface area contributed by atoms with E-state index in [9.17, 15) is 9.90 Å². The number of aliphatic hydroxyl groups is 1. The third kappa shape index (κ3) is 8.85. The van der Waals surface area contributed by atoms with Crippen LogP contribution in [0.3, 0.4) is 0 Å². The van der Waals surface area contributed by atoms with Crippen molar-refractivity contribution in [3.63, 3.8) is 0 Å². The molecule has 0 bridgehead atoms. The van der Waals surface area contributed by atoms with E-state index in [0.29, 0.717) is 24.8 Å². The number of hydrogen-bond acceptors (Lipinski definition) is 5. The van der Waals surface area contributed by atoms with Gasteiger partial charge in [-0.05, 0) is 56.2 Å². The van der Waals surface area contributed by atoms with E-state index in [2.05, 4.69) is 20.9 Å². The van der Waals surface area contributed by atoms with Gasteiger partial charge in [-0.1, -0.05) is 24.3 Å². The largest absolute Gasteiger partial charge is 0.497 e. The SMILES string of the molecule is CCNC(=NCC(=O)NCc1ccc(OC)cc1)NCC(O)c1cccc(OC(C)C)c1. The van der Waals surface area contributed by atoms with Gasteiger partial charge in [0.2, 0.25) is 5.91 Å². The molecule has 0 saturated carbocycles. The number of aliphatic hydroxyl groups excluding tert-OH is 1. The summed E-state index contributed by atoms with van der Waals surface area (Å²) in [7, 11) is 1.61. The van der Waals surface area contributed by atoms with Gasteiger partial charge in [-0.15, -0.1) is 0 Å². The summed E-state index contributed by atoms with van der Waals surface area (Å²) in [6, 6.07) is 14.9. The minimum Gasteiger partial charge on any atom is -0.497 e. The minimum atomic E-state index is -0.751. The van der Waals surface area contributed by atoms with Crippen molar-refractivity contribution in [2.45, 2.75) is 39.5 Å². The molecule has 174 valence electrons. The first kappa shape index (κ1) is 25.0. The number of rotatable bonds is 11. The maximum atomic E-state index is 12.2. The molecule has 0 fully saturated rings. The van der Waals surface area contributed by atoms with Gasteiger partial charge in [0.15, 0.2) is 5.96 Å². The second kappa shape index (κ2) is 13.2. The van der Waals surface area contributed by atoms with Crippen LogP contribution in [-0.2, 0) is 11.3 Å². The lowest BCUT2D eigenvalue weighted by atomic mass is 10.1. The van der Waals surface area contributed by atoms with Gasteiger partial charge in [0.25, 0.3) is 0 Å². The van der Waals surface area contributed by atoms with Gasteiger partial charge >= 0.3 is 0 Å². The number of ether oxygens (including phenoxy) is 2. The topological polar surface area (TPSA) is 104 Å². The summed E-state index contributed by atoms with van der Waals surface area (Å²) in [6.07, 6.45) is -0.692. The maximum absolute atomic E-state index is 12.2. The highest BCUT2D eigenvalue weighted by Crippen LogP contribution is 2.20. The molecule has 2 aromatic carbocycles. The molecule has 1 amide bonds. The Morgan fingerprint density at radius 2 is 1.81 bits per heavy atom. The molecule has 2 rings (SSSR count). The highest BCUT2D eigenvalue weighted by Gasteiger charge is 2.11. The first-order valence-corrected chi connectivity index (χ1v) is 10.8. The molecule has 1 atom stereocenters. The number of aliphatic imine (C=N–C) groups is 1. The van der Waals surface area contributed by atoms with Crippen molar-refractivity contribution < 1.29 is 19.4 Å². The van der Waals surface area contributed by atoms with Crippen molar-refractivity contribution in [3.8, 4) is 11.5 Å². The molecule has 0 aliphatic carbocycles. The zero-order valence-electron chi connectivity index (χ0n) is 19.2. The Kier molecular flexibility index (Phi) is 10.3. The number of nitrogens with zero attached hydrogens (tertiary/aromatic N) is 1. The molecular formula is C24H34N4O4. The molecule has 0 aromatic heterocycles. The molecular weight excluding hydrogens is 408 g/mol. The van der Waals surface area contributed by atoms with E-state index in [4.69, 9.17) is 9.47 Å². The van der Waals surface area contributed by atoms with Gasteiger partial charge in [-0.3, -0.25) is 4.79 Å². The number of amides is 1. The Labute approximate surface area is 190 Å². The van der Waals surface area contributed by atoms with Crippen molar-refractivity contribution >= 4 is 11.9 Å². The fourth-order valence-corrected chi connectivity index (χ4v) is 2.87. The third-order valence-electron chi connectivity index (χ3n) is 4.45. The molecule has 8 heteroatoms. The van der Waals surface area contributed by atoms with Gasteiger partial charge in [-0.25, -0.2) is 4.99 Å². The van der Waals surface area contributed by atoms with Crippen LogP contribution in [0.15, 0.2) is 53.5 Å². The smallest absolute Gasteiger partial charge is 0.242 e. The highest BCUT2D eigenvalue weighted by molar-refractivity contribution is 5.84. The van der Waals surface area contributed by atoms with Crippen LogP contribution < -0.4 is 25.4 Å². The molecule has 8 nitrogen and oxygen atoms in total. The van der Waals surface area contributed by atoms with Crippen LogP contribution in [-0.4, -0.2) is 49.8 Å². The molecule has 0 radical (unpaired) electrons. The van der Waals surface area contributed by atoms with Crippen LogP contribution in [0.2, 0.25) is 0 Å². The summed E-state index contributed by atoms with van der Waals surface area (Å²) >= 11 is 0. The molecule has 0 saturated heterocycles. The van der Waals surface area contributed by atoms with Crippen LogP contribution in [0.4, 0.5) is 0 Å². The number of nitrogens with one attached hydrogen (secondary N) is 3. The van der Waals surface area contributed by atoms with Crippen LogP contribution in [0, 0.1) is 0 Å². The fraction of sp³-hybridized carbons (Fsp3) is 0.417. The Bertz CT molecular complexity index is 869. The van der Waals surface area contributed by atoms with Gasteiger partial charge in [0, 0.05) is 19.6 Å². The second-order valence-electron chi connectivity index (χ2n) is 7.46. The van der Waals surface area contributed by atoms with Crippen LogP contribution >= 0.6 is 0 Å². The van der Waals surface area contributed by atoms with Crippen molar-refractivity contribution in [1.82, 2.24) is 16.0 Å². The summed E-state index contributed by atoms with van der Waals surface area (Å²) in [4.78, 5) is 16.5. The first-order chi connectivity index (χ1) is 15.4. The van der Waals surface area contributed by atoms with E-state index in [-0.39, 0.29) is 25.1 Å². The molecule has 0 heterocycles. The summed E-state index contributed by atoms with van der Waals surface area (Å²) in [5, 5.41) is 19.5. The van der Waals surface area contributed by atoms with Crippen LogP contribution in [0.5, 0.6) is 11.5 Å². The molecule has 0 aliphatic heterocycles. The average molecular weight is 443 g/mol. The third-order valence-corrected chi connectivity index (χ3v) is 4.45. The van der Waals surface area contributed by atoms with E-state index in [1.165, 1.54) is 0 Å². The molecule has 32 heavy (non-hydrogen) atoms. The molecule has 4 N–H and O–H groups in total. The lowest BCUT2D eigenvalue weighted by Gasteiger charge is -2.17.